The molecule has 1 aromatic carbocycles. The van der Waals surface area contributed by atoms with Crippen LogP contribution >= 0.6 is 0 Å². The molecule has 0 radical (unpaired) electrons. The standard InChI is InChI=1S/C15H21NO/c1-3-12-8-4-5-9-13(12)15(16-2)14-10-6-7-11-17-14/h4-5,8-10,15-16H,3,6-7,11H2,1-2H3. The number of nitrogens with one attached hydrogen (secondary N) is 1. The minimum Gasteiger partial charge on any atom is -0.496 e. The molecule has 0 fully saturated rings. The predicted octanol–water partition coefficient (Wildman–Crippen LogP) is 3.20. The minimum atomic E-state index is 0.200. The fourth-order valence-electron chi connectivity index (χ4n) is 2.37. The van der Waals surface area contributed by atoms with Crippen LogP contribution in [0.4, 0.5) is 0 Å². The van der Waals surface area contributed by atoms with E-state index < -0.39 is 0 Å². The Kier molecular flexibility index (Phi) is 4.21. The summed E-state index contributed by atoms with van der Waals surface area (Å²) in [6, 6.07) is 8.79. The predicted molar refractivity (Wildman–Crippen MR) is 70.9 cm³/mol. The molecule has 17 heavy (non-hydrogen) atoms. The van der Waals surface area contributed by atoms with Crippen molar-refractivity contribution in [2.45, 2.75) is 32.2 Å². The fraction of sp³-hybridized carbons (Fsp3) is 0.467. The molecule has 0 spiro atoms. The molecule has 1 N–H and O–H groups in total. The fourth-order valence-corrected chi connectivity index (χ4v) is 2.37. The average molecular weight is 231 g/mol. The van der Waals surface area contributed by atoms with Crippen LogP contribution in [-0.4, -0.2) is 13.7 Å². The van der Waals surface area contributed by atoms with Gasteiger partial charge in [0.15, 0.2) is 0 Å². The molecule has 0 saturated carbocycles. The van der Waals surface area contributed by atoms with E-state index in [0.29, 0.717) is 0 Å². The summed E-state index contributed by atoms with van der Waals surface area (Å²) in [6.45, 7) is 3.04. The molecule has 2 nitrogen and oxygen atoms in total. The number of likely N-dealkylation sites (N-methyl/N-ethyl adjacent to an activating group) is 1. The molecule has 0 aliphatic carbocycles. The zero-order valence-electron chi connectivity index (χ0n) is 10.7. The lowest BCUT2D eigenvalue weighted by Gasteiger charge is -2.25. The summed E-state index contributed by atoms with van der Waals surface area (Å²) >= 11 is 0. The van der Waals surface area contributed by atoms with Gasteiger partial charge >= 0.3 is 0 Å². The van der Waals surface area contributed by atoms with Crippen LogP contribution < -0.4 is 5.32 Å². The number of hydrogen-bond acceptors (Lipinski definition) is 2. The third-order valence-corrected chi connectivity index (χ3v) is 3.28. The summed E-state index contributed by atoms with van der Waals surface area (Å²) in [5.74, 6) is 1.08. The normalized spacial score (nSPS) is 17.2. The van der Waals surface area contributed by atoms with E-state index in [4.69, 9.17) is 4.74 Å². The SMILES string of the molecule is CCc1ccccc1C(NC)C1=CCCCO1. The van der Waals surface area contributed by atoms with Gasteiger partial charge in [-0.3, -0.25) is 0 Å². The van der Waals surface area contributed by atoms with Crippen molar-refractivity contribution in [2.24, 2.45) is 0 Å². The van der Waals surface area contributed by atoms with Gasteiger partial charge in [-0.2, -0.15) is 0 Å². The molecule has 2 rings (SSSR count). The Labute approximate surface area is 104 Å². The lowest BCUT2D eigenvalue weighted by atomic mass is 9.96. The minimum absolute atomic E-state index is 0.200. The molecule has 0 bridgehead atoms. The van der Waals surface area contributed by atoms with Gasteiger partial charge in [0.05, 0.1) is 12.6 Å². The van der Waals surface area contributed by atoms with Crippen LogP contribution in [0.5, 0.6) is 0 Å². The Bertz CT molecular complexity index is 398. The van der Waals surface area contributed by atoms with E-state index in [1.165, 1.54) is 11.1 Å². The van der Waals surface area contributed by atoms with Crippen LogP contribution in [0.1, 0.15) is 36.9 Å². The molecule has 1 atom stereocenters. The molecule has 1 unspecified atom stereocenters. The largest absolute Gasteiger partial charge is 0.496 e. The van der Waals surface area contributed by atoms with Crippen molar-refractivity contribution >= 4 is 0 Å². The van der Waals surface area contributed by atoms with E-state index in [0.717, 1.165) is 31.6 Å². The Morgan fingerprint density at radius 2 is 2.18 bits per heavy atom. The summed E-state index contributed by atoms with van der Waals surface area (Å²) in [5, 5.41) is 3.37. The summed E-state index contributed by atoms with van der Waals surface area (Å²) in [7, 11) is 2.00. The van der Waals surface area contributed by atoms with Gasteiger partial charge in [0.2, 0.25) is 0 Å². The number of allylic oxidation sites excluding steroid dienone is 1. The topological polar surface area (TPSA) is 21.3 Å². The molecule has 0 amide bonds. The van der Waals surface area contributed by atoms with E-state index in [2.05, 4.69) is 42.6 Å². The maximum absolute atomic E-state index is 5.78. The first-order valence-electron chi connectivity index (χ1n) is 6.44. The molecular formula is C15H21NO. The molecule has 1 heterocycles. The lowest BCUT2D eigenvalue weighted by Crippen LogP contribution is -2.23. The number of hydrogen-bond donors (Lipinski definition) is 1. The molecule has 0 saturated heterocycles. The van der Waals surface area contributed by atoms with E-state index in [9.17, 15) is 0 Å². The van der Waals surface area contributed by atoms with Crippen LogP contribution in [0.3, 0.4) is 0 Å². The Morgan fingerprint density at radius 3 is 2.82 bits per heavy atom. The zero-order valence-corrected chi connectivity index (χ0v) is 10.7. The van der Waals surface area contributed by atoms with Crippen LogP contribution in [0.15, 0.2) is 36.1 Å². The first kappa shape index (κ1) is 12.2. The molecule has 2 heteroatoms. The van der Waals surface area contributed by atoms with Gasteiger partial charge in [-0.05, 0) is 43.5 Å². The number of aryl methyl sites for hydroxylation is 1. The Balaban J connectivity index is 2.31. The quantitative estimate of drug-likeness (QED) is 0.859. The van der Waals surface area contributed by atoms with Crippen molar-refractivity contribution in [2.75, 3.05) is 13.7 Å². The van der Waals surface area contributed by atoms with E-state index in [-0.39, 0.29) is 6.04 Å². The summed E-state index contributed by atoms with van der Waals surface area (Å²) < 4.78 is 5.78. The number of benzene rings is 1. The average Bonchev–Trinajstić information content (AvgIpc) is 2.41. The highest BCUT2D eigenvalue weighted by Gasteiger charge is 2.19. The van der Waals surface area contributed by atoms with Gasteiger partial charge < -0.3 is 10.1 Å². The Hall–Kier alpha value is -1.28. The van der Waals surface area contributed by atoms with E-state index in [1.54, 1.807) is 0 Å². The molecule has 1 aliphatic rings. The highest BCUT2D eigenvalue weighted by Crippen LogP contribution is 2.28. The van der Waals surface area contributed by atoms with Crippen molar-refractivity contribution in [3.05, 3.63) is 47.2 Å². The van der Waals surface area contributed by atoms with E-state index >= 15 is 0 Å². The van der Waals surface area contributed by atoms with E-state index in [1.807, 2.05) is 7.05 Å². The molecule has 0 aromatic heterocycles. The van der Waals surface area contributed by atoms with Crippen molar-refractivity contribution < 1.29 is 4.74 Å². The van der Waals surface area contributed by atoms with Gasteiger partial charge in [0.25, 0.3) is 0 Å². The molecule has 1 aliphatic heterocycles. The van der Waals surface area contributed by atoms with Crippen molar-refractivity contribution in [3.63, 3.8) is 0 Å². The number of rotatable bonds is 4. The highest BCUT2D eigenvalue weighted by molar-refractivity contribution is 5.34. The molecule has 92 valence electrons. The van der Waals surface area contributed by atoms with Gasteiger partial charge in [-0.15, -0.1) is 0 Å². The third kappa shape index (κ3) is 2.70. The first-order valence-corrected chi connectivity index (χ1v) is 6.44. The van der Waals surface area contributed by atoms with Gasteiger partial charge in [0, 0.05) is 0 Å². The smallest absolute Gasteiger partial charge is 0.113 e. The van der Waals surface area contributed by atoms with Crippen LogP contribution in [0, 0.1) is 0 Å². The second-order valence-corrected chi connectivity index (χ2v) is 4.37. The first-order chi connectivity index (χ1) is 8.36. The second-order valence-electron chi connectivity index (χ2n) is 4.37. The highest BCUT2D eigenvalue weighted by atomic mass is 16.5. The molecular weight excluding hydrogens is 210 g/mol. The Morgan fingerprint density at radius 1 is 1.35 bits per heavy atom. The second kappa shape index (κ2) is 5.87. The summed E-state index contributed by atoms with van der Waals surface area (Å²) in [5.41, 5.74) is 2.73. The summed E-state index contributed by atoms with van der Waals surface area (Å²) in [4.78, 5) is 0. The van der Waals surface area contributed by atoms with Crippen molar-refractivity contribution in [3.8, 4) is 0 Å². The van der Waals surface area contributed by atoms with Gasteiger partial charge in [-0.1, -0.05) is 31.2 Å². The third-order valence-electron chi connectivity index (χ3n) is 3.28. The van der Waals surface area contributed by atoms with Gasteiger partial charge in [-0.25, -0.2) is 0 Å². The van der Waals surface area contributed by atoms with Crippen LogP contribution in [0.2, 0.25) is 0 Å². The maximum atomic E-state index is 5.78. The maximum Gasteiger partial charge on any atom is 0.113 e. The molecule has 1 aromatic rings. The van der Waals surface area contributed by atoms with Gasteiger partial charge in [0.1, 0.15) is 5.76 Å². The van der Waals surface area contributed by atoms with Crippen LogP contribution in [-0.2, 0) is 11.2 Å². The van der Waals surface area contributed by atoms with Crippen molar-refractivity contribution in [1.29, 1.82) is 0 Å². The lowest BCUT2D eigenvalue weighted by molar-refractivity contribution is 0.169. The van der Waals surface area contributed by atoms with Crippen molar-refractivity contribution in [1.82, 2.24) is 5.32 Å². The summed E-state index contributed by atoms with van der Waals surface area (Å²) in [6.07, 6.45) is 5.54. The van der Waals surface area contributed by atoms with Crippen LogP contribution in [0.25, 0.3) is 0 Å². The number of ether oxygens (including phenoxy) is 1. The monoisotopic (exact) mass is 231 g/mol. The zero-order chi connectivity index (χ0) is 12.1.